The lowest BCUT2D eigenvalue weighted by molar-refractivity contribution is -0.143. The third-order valence-electron chi connectivity index (χ3n) is 3.09. The van der Waals surface area contributed by atoms with Gasteiger partial charge in [-0.05, 0) is 47.5 Å². The predicted octanol–water partition coefficient (Wildman–Crippen LogP) is 1.48. The third kappa shape index (κ3) is 3.50. The highest BCUT2D eigenvalue weighted by Crippen LogP contribution is 2.26. The summed E-state index contributed by atoms with van der Waals surface area (Å²) in [6.45, 7) is 4.79. The summed E-state index contributed by atoms with van der Waals surface area (Å²) in [5, 5.41) is 2.69. The van der Waals surface area contributed by atoms with Crippen LogP contribution in [0, 0.1) is 6.92 Å². The number of amides is 2. The molecule has 0 radical (unpaired) electrons. The average Bonchev–Trinajstić information content (AvgIpc) is 2.41. The maximum atomic E-state index is 12.2. The van der Waals surface area contributed by atoms with Crippen molar-refractivity contribution >= 4 is 27.7 Å². The molecule has 0 bridgehead atoms. The van der Waals surface area contributed by atoms with Crippen LogP contribution in [0.4, 0.5) is 0 Å². The second kappa shape index (κ2) is 6.26. The van der Waals surface area contributed by atoms with Crippen molar-refractivity contribution in [3.05, 3.63) is 28.2 Å². The predicted molar refractivity (Wildman–Crippen MR) is 78.6 cm³/mol. The number of halogens is 1. The molecule has 1 aromatic rings. The lowest BCUT2D eigenvalue weighted by Crippen LogP contribution is -2.53. The second-order valence-corrected chi connectivity index (χ2v) is 5.66. The topological polar surface area (TPSA) is 58.6 Å². The maximum Gasteiger partial charge on any atom is 0.263 e. The molecule has 108 valence electrons. The SMILES string of the molecule is Cc1ccc(OC(C)C(=O)N2CCNC(=O)C2)c(Br)c1. The number of carbonyl (C=O) groups is 2. The van der Waals surface area contributed by atoms with Crippen molar-refractivity contribution in [1.29, 1.82) is 0 Å². The molecule has 1 aromatic carbocycles. The molecular weight excluding hydrogens is 324 g/mol. The van der Waals surface area contributed by atoms with Gasteiger partial charge in [0.25, 0.3) is 5.91 Å². The number of benzene rings is 1. The highest BCUT2D eigenvalue weighted by Gasteiger charge is 2.26. The maximum absolute atomic E-state index is 12.2. The molecule has 0 spiro atoms. The number of rotatable bonds is 3. The van der Waals surface area contributed by atoms with Crippen LogP contribution < -0.4 is 10.1 Å². The summed E-state index contributed by atoms with van der Waals surface area (Å²) >= 11 is 3.42. The van der Waals surface area contributed by atoms with Crippen molar-refractivity contribution in [2.45, 2.75) is 20.0 Å². The van der Waals surface area contributed by atoms with E-state index in [0.29, 0.717) is 18.8 Å². The van der Waals surface area contributed by atoms with Crippen LogP contribution in [0.15, 0.2) is 22.7 Å². The van der Waals surface area contributed by atoms with Gasteiger partial charge in [0.2, 0.25) is 5.91 Å². The third-order valence-corrected chi connectivity index (χ3v) is 3.71. The summed E-state index contributed by atoms with van der Waals surface area (Å²) in [5.41, 5.74) is 1.11. The number of carbonyl (C=O) groups excluding carboxylic acids is 2. The molecule has 1 unspecified atom stereocenters. The zero-order chi connectivity index (χ0) is 14.7. The Kier molecular flexibility index (Phi) is 4.65. The van der Waals surface area contributed by atoms with Gasteiger partial charge in [0, 0.05) is 13.1 Å². The fourth-order valence-corrected chi connectivity index (χ4v) is 2.61. The Hall–Kier alpha value is -1.56. The van der Waals surface area contributed by atoms with E-state index in [1.165, 1.54) is 4.90 Å². The van der Waals surface area contributed by atoms with Crippen molar-refractivity contribution < 1.29 is 14.3 Å². The van der Waals surface area contributed by atoms with Gasteiger partial charge in [-0.2, -0.15) is 0 Å². The molecule has 1 heterocycles. The number of nitrogens with zero attached hydrogens (tertiary/aromatic N) is 1. The minimum atomic E-state index is -0.625. The van der Waals surface area contributed by atoms with E-state index in [2.05, 4.69) is 21.2 Å². The van der Waals surface area contributed by atoms with Crippen LogP contribution in [0.3, 0.4) is 0 Å². The molecule has 1 fully saturated rings. The molecule has 0 aliphatic carbocycles. The summed E-state index contributed by atoms with van der Waals surface area (Å²) in [5.74, 6) is 0.318. The number of hydrogen-bond donors (Lipinski definition) is 1. The van der Waals surface area contributed by atoms with Crippen LogP contribution in [0.25, 0.3) is 0 Å². The van der Waals surface area contributed by atoms with E-state index in [0.717, 1.165) is 10.0 Å². The van der Waals surface area contributed by atoms with Gasteiger partial charge in [-0.1, -0.05) is 6.07 Å². The van der Waals surface area contributed by atoms with Crippen molar-refractivity contribution in [1.82, 2.24) is 10.2 Å². The van der Waals surface area contributed by atoms with Gasteiger partial charge in [-0.25, -0.2) is 0 Å². The van der Waals surface area contributed by atoms with E-state index in [1.807, 2.05) is 25.1 Å². The molecular formula is C14H17BrN2O3. The Bertz CT molecular complexity index is 533. The first-order valence-corrected chi connectivity index (χ1v) is 7.25. The number of hydrogen-bond acceptors (Lipinski definition) is 3. The summed E-state index contributed by atoms with van der Waals surface area (Å²) in [4.78, 5) is 25.0. The lowest BCUT2D eigenvalue weighted by atomic mass is 10.2. The van der Waals surface area contributed by atoms with Crippen LogP contribution in [0.2, 0.25) is 0 Å². The largest absolute Gasteiger partial charge is 0.480 e. The van der Waals surface area contributed by atoms with Gasteiger partial charge in [0.15, 0.2) is 6.10 Å². The van der Waals surface area contributed by atoms with Gasteiger partial charge in [0.1, 0.15) is 5.75 Å². The van der Waals surface area contributed by atoms with Gasteiger partial charge in [-0.3, -0.25) is 9.59 Å². The molecule has 1 aliphatic heterocycles. The first kappa shape index (κ1) is 14.8. The molecule has 6 heteroatoms. The summed E-state index contributed by atoms with van der Waals surface area (Å²) in [7, 11) is 0. The van der Waals surface area contributed by atoms with E-state index in [9.17, 15) is 9.59 Å². The van der Waals surface area contributed by atoms with E-state index >= 15 is 0 Å². The molecule has 1 N–H and O–H groups in total. The zero-order valence-electron chi connectivity index (χ0n) is 11.5. The second-order valence-electron chi connectivity index (χ2n) is 4.80. The van der Waals surface area contributed by atoms with E-state index in [-0.39, 0.29) is 18.4 Å². The van der Waals surface area contributed by atoms with Gasteiger partial charge < -0.3 is 15.0 Å². The molecule has 20 heavy (non-hydrogen) atoms. The van der Waals surface area contributed by atoms with Crippen molar-refractivity contribution in [2.75, 3.05) is 19.6 Å². The molecule has 5 nitrogen and oxygen atoms in total. The molecule has 2 amide bonds. The summed E-state index contributed by atoms with van der Waals surface area (Å²) in [6, 6.07) is 5.68. The normalized spacial score (nSPS) is 16.6. The molecule has 0 saturated carbocycles. The Labute approximate surface area is 126 Å². The quantitative estimate of drug-likeness (QED) is 0.906. The first-order chi connectivity index (χ1) is 9.47. The fourth-order valence-electron chi connectivity index (χ4n) is 2.03. The zero-order valence-corrected chi connectivity index (χ0v) is 13.1. The van der Waals surface area contributed by atoms with Crippen molar-refractivity contribution in [3.8, 4) is 5.75 Å². The monoisotopic (exact) mass is 340 g/mol. The fraction of sp³-hybridized carbons (Fsp3) is 0.429. The molecule has 1 saturated heterocycles. The van der Waals surface area contributed by atoms with Crippen molar-refractivity contribution in [3.63, 3.8) is 0 Å². The van der Waals surface area contributed by atoms with Crippen LogP contribution in [-0.2, 0) is 9.59 Å². The van der Waals surface area contributed by atoms with E-state index in [1.54, 1.807) is 6.92 Å². The number of piperazine rings is 1. The average molecular weight is 341 g/mol. The Morgan fingerprint density at radius 1 is 1.50 bits per heavy atom. The van der Waals surface area contributed by atoms with Crippen LogP contribution in [-0.4, -0.2) is 42.5 Å². The Morgan fingerprint density at radius 2 is 2.25 bits per heavy atom. The minimum Gasteiger partial charge on any atom is -0.480 e. The highest BCUT2D eigenvalue weighted by atomic mass is 79.9. The molecule has 2 rings (SSSR count). The first-order valence-electron chi connectivity index (χ1n) is 6.45. The standard InChI is InChI=1S/C14H17BrN2O3/c1-9-3-4-12(11(15)7-9)20-10(2)14(19)17-6-5-16-13(18)8-17/h3-4,7,10H,5-6,8H2,1-2H3,(H,16,18). The van der Waals surface area contributed by atoms with Gasteiger partial charge in [0.05, 0.1) is 11.0 Å². The molecule has 1 atom stereocenters. The minimum absolute atomic E-state index is 0.0988. The number of nitrogens with one attached hydrogen (secondary N) is 1. The summed E-state index contributed by atoms with van der Waals surface area (Å²) < 4.78 is 6.49. The van der Waals surface area contributed by atoms with Gasteiger partial charge in [-0.15, -0.1) is 0 Å². The molecule has 0 aromatic heterocycles. The van der Waals surface area contributed by atoms with Gasteiger partial charge >= 0.3 is 0 Å². The van der Waals surface area contributed by atoms with Crippen LogP contribution >= 0.6 is 15.9 Å². The van der Waals surface area contributed by atoms with Crippen molar-refractivity contribution in [2.24, 2.45) is 0 Å². The Balaban J connectivity index is 2.01. The Morgan fingerprint density at radius 3 is 2.90 bits per heavy atom. The van der Waals surface area contributed by atoms with E-state index in [4.69, 9.17) is 4.74 Å². The number of ether oxygens (including phenoxy) is 1. The highest BCUT2D eigenvalue weighted by molar-refractivity contribution is 9.10. The van der Waals surface area contributed by atoms with Crippen LogP contribution in [0.1, 0.15) is 12.5 Å². The number of aryl methyl sites for hydroxylation is 1. The lowest BCUT2D eigenvalue weighted by Gasteiger charge is -2.29. The van der Waals surface area contributed by atoms with Crippen LogP contribution in [0.5, 0.6) is 5.75 Å². The van der Waals surface area contributed by atoms with E-state index < -0.39 is 6.10 Å². The molecule has 1 aliphatic rings. The summed E-state index contributed by atoms with van der Waals surface area (Å²) in [6.07, 6.45) is -0.625. The smallest absolute Gasteiger partial charge is 0.263 e.